The number of hydrogen-bond acceptors (Lipinski definition) is 3. The Morgan fingerprint density at radius 1 is 1.36 bits per heavy atom. The van der Waals surface area contributed by atoms with Gasteiger partial charge in [-0.25, -0.2) is 0 Å². The summed E-state index contributed by atoms with van der Waals surface area (Å²) >= 11 is 0. The van der Waals surface area contributed by atoms with Crippen molar-refractivity contribution in [3.05, 3.63) is 33.2 Å². The second kappa shape index (κ2) is 6.94. The number of carbonyl (C=O) groups excluding carboxylic acids is 1. The summed E-state index contributed by atoms with van der Waals surface area (Å²) in [5.41, 5.74) is 2.21. The maximum absolute atomic E-state index is 13.1. The van der Waals surface area contributed by atoms with Crippen molar-refractivity contribution in [2.75, 3.05) is 20.2 Å². The molecule has 1 spiro atoms. The minimum atomic E-state index is -0.179. The largest absolute Gasteiger partial charge is 0.381 e. The van der Waals surface area contributed by atoms with Gasteiger partial charge in [-0.3, -0.25) is 9.59 Å². The Morgan fingerprint density at radius 3 is 2.76 bits per heavy atom. The van der Waals surface area contributed by atoms with E-state index in [0.29, 0.717) is 12.1 Å². The van der Waals surface area contributed by atoms with Crippen molar-refractivity contribution < 1.29 is 9.53 Å². The highest BCUT2D eigenvalue weighted by Crippen LogP contribution is 2.46. The maximum Gasteiger partial charge on any atom is 0.263 e. The Bertz CT molecular complexity index is 724. The van der Waals surface area contributed by atoms with Crippen molar-refractivity contribution in [3.8, 4) is 0 Å². The van der Waals surface area contributed by atoms with Gasteiger partial charge in [0.1, 0.15) is 5.56 Å². The molecule has 1 saturated carbocycles. The number of nitrogens with zero attached hydrogens (tertiary/aromatic N) is 2. The molecule has 0 bridgehead atoms. The number of piperidine rings is 1. The van der Waals surface area contributed by atoms with E-state index in [1.807, 2.05) is 18.7 Å². The third-order valence-electron chi connectivity index (χ3n) is 6.33. The molecule has 1 saturated heterocycles. The number of amides is 1. The van der Waals surface area contributed by atoms with E-state index in [2.05, 4.69) is 0 Å². The summed E-state index contributed by atoms with van der Waals surface area (Å²) in [6.45, 7) is 5.45. The molecule has 138 valence electrons. The van der Waals surface area contributed by atoms with Gasteiger partial charge in [0.15, 0.2) is 0 Å². The van der Waals surface area contributed by atoms with E-state index in [1.54, 1.807) is 24.8 Å². The fourth-order valence-electron chi connectivity index (χ4n) is 5.04. The summed E-state index contributed by atoms with van der Waals surface area (Å²) < 4.78 is 7.36. The van der Waals surface area contributed by atoms with Crippen LogP contribution in [0.2, 0.25) is 0 Å². The highest BCUT2D eigenvalue weighted by Gasteiger charge is 2.46. The second-order valence-electron chi connectivity index (χ2n) is 7.71. The number of rotatable bonds is 3. The van der Waals surface area contributed by atoms with Crippen LogP contribution in [0.4, 0.5) is 0 Å². The van der Waals surface area contributed by atoms with E-state index in [9.17, 15) is 9.59 Å². The third-order valence-corrected chi connectivity index (χ3v) is 6.33. The molecule has 1 aliphatic carbocycles. The predicted molar refractivity (Wildman–Crippen MR) is 98.0 cm³/mol. The number of likely N-dealkylation sites (tertiary alicyclic amines) is 1. The molecule has 1 aromatic heterocycles. The number of hydrogen-bond donors (Lipinski definition) is 0. The summed E-state index contributed by atoms with van der Waals surface area (Å²) in [5, 5.41) is 0. The summed E-state index contributed by atoms with van der Waals surface area (Å²) in [6, 6.07) is 1.78. The second-order valence-corrected chi connectivity index (χ2v) is 7.71. The molecule has 3 rings (SSSR count). The molecule has 2 heterocycles. The zero-order valence-corrected chi connectivity index (χ0v) is 15.9. The van der Waals surface area contributed by atoms with Crippen LogP contribution >= 0.6 is 0 Å². The molecule has 1 aliphatic heterocycles. The van der Waals surface area contributed by atoms with Crippen molar-refractivity contribution in [2.45, 2.75) is 58.5 Å². The number of pyridine rings is 1. The van der Waals surface area contributed by atoms with Gasteiger partial charge in [0, 0.05) is 38.4 Å². The Balaban J connectivity index is 1.90. The number of aryl methyl sites for hydroxylation is 1. The van der Waals surface area contributed by atoms with E-state index < -0.39 is 0 Å². The number of ether oxygens (including phenoxy) is 1. The lowest BCUT2D eigenvalue weighted by Gasteiger charge is -2.43. The smallest absolute Gasteiger partial charge is 0.263 e. The first-order chi connectivity index (χ1) is 11.9. The van der Waals surface area contributed by atoms with Gasteiger partial charge in [-0.05, 0) is 50.7 Å². The van der Waals surface area contributed by atoms with Gasteiger partial charge in [0.05, 0.1) is 6.10 Å². The lowest BCUT2D eigenvalue weighted by molar-refractivity contribution is -0.0295. The average Bonchev–Trinajstić information content (AvgIpc) is 2.99. The normalized spacial score (nSPS) is 26.4. The molecular weight excluding hydrogens is 316 g/mol. The minimum Gasteiger partial charge on any atom is -0.381 e. The first-order valence-corrected chi connectivity index (χ1v) is 9.45. The fourth-order valence-corrected chi connectivity index (χ4v) is 5.04. The SMILES string of the molecule is CCc1c(C)cc(C(=O)N2CCC[C@@]3(CCC[C@H]3OC)C2)c(=O)n1C. The monoisotopic (exact) mass is 346 g/mol. The highest BCUT2D eigenvalue weighted by atomic mass is 16.5. The van der Waals surface area contributed by atoms with Crippen LogP contribution in [-0.2, 0) is 18.2 Å². The third kappa shape index (κ3) is 3.03. The van der Waals surface area contributed by atoms with Gasteiger partial charge in [-0.1, -0.05) is 13.3 Å². The molecular formula is C20H30N2O3. The molecule has 0 unspecified atom stereocenters. The van der Waals surface area contributed by atoms with Crippen LogP contribution in [0.25, 0.3) is 0 Å². The zero-order chi connectivity index (χ0) is 18.2. The molecule has 2 atom stereocenters. The van der Waals surface area contributed by atoms with E-state index in [4.69, 9.17) is 4.74 Å². The van der Waals surface area contributed by atoms with Gasteiger partial charge in [-0.15, -0.1) is 0 Å². The van der Waals surface area contributed by atoms with Crippen LogP contribution in [0.1, 0.15) is 60.6 Å². The molecule has 5 nitrogen and oxygen atoms in total. The summed E-state index contributed by atoms with van der Waals surface area (Å²) in [4.78, 5) is 27.7. The van der Waals surface area contributed by atoms with Crippen molar-refractivity contribution in [1.82, 2.24) is 9.47 Å². The van der Waals surface area contributed by atoms with Gasteiger partial charge < -0.3 is 14.2 Å². The quantitative estimate of drug-likeness (QED) is 0.845. The lowest BCUT2D eigenvalue weighted by atomic mass is 9.76. The fraction of sp³-hybridized carbons (Fsp3) is 0.700. The van der Waals surface area contributed by atoms with Gasteiger partial charge in [-0.2, -0.15) is 0 Å². The molecule has 0 aromatic carbocycles. The lowest BCUT2D eigenvalue weighted by Crippen LogP contribution is -2.50. The molecule has 5 heteroatoms. The van der Waals surface area contributed by atoms with E-state index >= 15 is 0 Å². The van der Waals surface area contributed by atoms with Crippen LogP contribution in [0.15, 0.2) is 10.9 Å². The minimum absolute atomic E-state index is 0.0757. The van der Waals surface area contributed by atoms with Gasteiger partial charge in [0.2, 0.25) is 0 Å². The Labute approximate surface area is 150 Å². The summed E-state index contributed by atoms with van der Waals surface area (Å²) in [6.07, 6.45) is 6.46. The predicted octanol–water partition coefficient (Wildman–Crippen LogP) is 2.68. The van der Waals surface area contributed by atoms with Gasteiger partial charge in [0.25, 0.3) is 11.5 Å². The molecule has 0 N–H and O–H groups in total. The summed E-state index contributed by atoms with van der Waals surface area (Å²) in [7, 11) is 3.54. The molecule has 25 heavy (non-hydrogen) atoms. The van der Waals surface area contributed by atoms with Crippen molar-refractivity contribution in [1.29, 1.82) is 0 Å². The number of carbonyl (C=O) groups is 1. The molecule has 1 amide bonds. The molecule has 2 aliphatic rings. The van der Waals surface area contributed by atoms with Crippen LogP contribution in [-0.4, -0.2) is 41.7 Å². The van der Waals surface area contributed by atoms with Crippen LogP contribution in [0, 0.1) is 12.3 Å². The average molecular weight is 346 g/mol. The maximum atomic E-state index is 13.1. The van der Waals surface area contributed by atoms with Crippen molar-refractivity contribution in [3.63, 3.8) is 0 Å². The summed E-state index contributed by atoms with van der Waals surface area (Å²) in [5.74, 6) is -0.118. The first kappa shape index (κ1) is 18.2. The van der Waals surface area contributed by atoms with Crippen LogP contribution in [0.5, 0.6) is 0 Å². The van der Waals surface area contributed by atoms with E-state index in [1.165, 1.54) is 0 Å². The van der Waals surface area contributed by atoms with Crippen molar-refractivity contribution in [2.24, 2.45) is 12.5 Å². The standard InChI is InChI=1S/C20H30N2O3/c1-5-16-14(2)12-15(18(23)21(16)3)19(24)22-11-7-10-20(13-22)9-6-8-17(20)25-4/h12,17H,5-11,13H2,1-4H3/t17-,20+/m1/s1. The van der Waals surface area contributed by atoms with Crippen LogP contribution < -0.4 is 5.56 Å². The van der Waals surface area contributed by atoms with Crippen molar-refractivity contribution >= 4 is 5.91 Å². The number of aromatic nitrogens is 1. The zero-order valence-electron chi connectivity index (χ0n) is 15.9. The molecule has 1 aromatic rings. The first-order valence-electron chi connectivity index (χ1n) is 9.45. The highest BCUT2D eigenvalue weighted by molar-refractivity contribution is 5.94. The van der Waals surface area contributed by atoms with E-state index in [0.717, 1.165) is 56.3 Å². The van der Waals surface area contributed by atoms with Crippen LogP contribution in [0.3, 0.4) is 0 Å². The topological polar surface area (TPSA) is 51.5 Å². The van der Waals surface area contributed by atoms with Gasteiger partial charge >= 0.3 is 0 Å². The molecule has 2 fully saturated rings. The Kier molecular flexibility index (Phi) is 5.05. The Morgan fingerprint density at radius 2 is 2.08 bits per heavy atom. The Hall–Kier alpha value is -1.62. The van der Waals surface area contributed by atoms with E-state index in [-0.39, 0.29) is 23.0 Å². The number of methoxy groups -OCH3 is 1. The molecule has 0 radical (unpaired) electrons.